The van der Waals surface area contributed by atoms with Gasteiger partial charge in [0.2, 0.25) is 0 Å². The molecule has 4 aromatic rings. The standard InChI is InChI=1S/C16H15N7/c1-22-11-14(16(21-22)12-4-7-17-8-5-12)18-9-13-10-20-23-15(13)3-2-6-19-23/h2-8,10-11,18H,9H2,1H3. The highest BCUT2D eigenvalue weighted by Gasteiger charge is 2.11. The van der Waals surface area contributed by atoms with E-state index in [4.69, 9.17) is 0 Å². The summed E-state index contributed by atoms with van der Waals surface area (Å²) in [5, 5.41) is 16.4. The van der Waals surface area contributed by atoms with Gasteiger partial charge in [-0.2, -0.15) is 19.9 Å². The number of aryl methyl sites for hydroxylation is 1. The van der Waals surface area contributed by atoms with Crippen molar-refractivity contribution in [3.63, 3.8) is 0 Å². The van der Waals surface area contributed by atoms with E-state index < -0.39 is 0 Å². The number of nitrogens with one attached hydrogen (secondary N) is 1. The first kappa shape index (κ1) is 13.4. The fourth-order valence-electron chi connectivity index (χ4n) is 2.55. The van der Waals surface area contributed by atoms with Crippen molar-refractivity contribution in [2.45, 2.75) is 6.54 Å². The molecule has 0 aliphatic heterocycles. The van der Waals surface area contributed by atoms with Crippen molar-refractivity contribution in [2.24, 2.45) is 7.05 Å². The Hall–Kier alpha value is -3.22. The molecule has 0 aliphatic rings. The molecule has 0 radical (unpaired) electrons. The van der Waals surface area contributed by atoms with Gasteiger partial charge in [-0.3, -0.25) is 9.67 Å². The van der Waals surface area contributed by atoms with Crippen molar-refractivity contribution in [2.75, 3.05) is 5.32 Å². The smallest absolute Gasteiger partial charge is 0.116 e. The Morgan fingerprint density at radius 3 is 2.83 bits per heavy atom. The Labute approximate surface area is 132 Å². The number of nitrogens with zero attached hydrogens (tertiary/aromatic N) is 6. The third-order valence-electron chi connectivity index (χ3n) is 3.64. The van der Waals surface area contributed by atoms with E-state index in [9.17, 15) is 0 Å². The van der Waals surface area contributed by atoms with Gasteiger partial charge in [0.25, 0.3) is 0 Å². The first-order valence-electron chi connectivity index (χ1n) is 7.27. The number of rotatable bonds is 4. The Bertz CT molecular complexity index is 939. The maximum absolute atomic E-state index is 4.54. The Balaban J connectivity index is 1.62. The largest absolute Gasteiger partial charge is 0.378 e. The van der Waals surface area contributed by atoms with Crippen LogP contribution < -0.4 is 5.32 Å². The second kappa shape index (κ2) is 5.53. The molecule has 7 heteroatoms. The molecule has 0 atom stereocenters. The summed E-state index contributed by atoms with van der Waals surface area (Å²) in [4.78, 5) is 4.06. The third kappa shape index (κ3) is 2.52. The maximum atomic E-state index is 4.54. The molecule has 1 N–H and O–H groups in total. The summed E-state index contributed by atoms with van der Waals surface area (Å²) in [6.45, 7) is 0.652. The van der Waals surface area contributed by atoms with Crippen LogP contribution in [0.4, 0.5) is 5.69 Å². The van der Waals surface area contributed by atoms with Gasteiger partial charge in [0.15, 0.2) is 0 Å². The summed E-state index contributed by atoms with van der Waals surface area (Å²) >= 11 is 0. The number of aromatic nitrogens is 6. The quantitative estimate of drug-likeness (QED) is 0.625. The molecular formula is C16H15N7. The number of hydrogen-bond acceptors (Lipinski definition) is 5. The summed E-state index contributed by atoms with van der Waals surface area (Å²) in [6.07, 6.45) is 9.06. The van der Waals surface area contributed by atoms with Crippen LogP contribution in [0.25, 0.3) is 16.8 Å². The second-order valence-electron chi connectivity index (χ2n) is 5.22. The molecule has 0 amide bonds. The van der Waals surface area contributed by atoms with E-state index in [-0.39, 0.29) is 0 Å². The van der Waals surface area contributed by atoms with Gasteiger partial charge in [0.1, 0.15) is 5.69 Å². The molecule has 0 saturated carbocycles. The molecule has 4 rings (SSSR count). The van der Waals surface area contributed by atoms with Gasteiger partial charge in [0.05, 0.1) is 17.4 Å². The van der Waals surface area contributed by atoms with Crippen molar-refractivity contribution in [1.29, 1.82) is 0 Å². The van der Waals surface area contributed by atoms with Crippen LogP contribution >= 0.6 is 0 Å². The summed E-state index contributed by atoms with van der Waals surface area (Å²) in [6, 6.07) is 7.82. The first-order chi connectivity index (χ1) is 11.3. The zero-order chi connectivity index (χ0) is 15.6. The molecule has 7 nitrogen and oxygen atoms in total. The molecule has 0 bridgehead atoms. The van der Waals surface area contributed by atoms with Gasteiger partial charge in [-0.05, 0) is 24.3 Å². The highest BCUT2D eigenvalue weighted by Crippen LogP contribution is 2.26. The van der Waals surface area contributed by atoms with E-state index in [0.29, 0.717) is 6.54 Å². The summed E-state index contributed by atoms with van der Waals surface area (Å²) in [7, 11) is 1.91. The fraction of sp³-hybridized carbons (Fsp3) is 0.125. The molecular weight excluding hydrogens is 290 g/mol. The topological polar surface area (TPSA) is 72.9 Å². The molecule has 4 aromatic heterocycles. The average molecular weight is 305 g/mol. The second-order valence-corrected chi connectivity index (χ2v) is 5.22. The predicted octanol–water partition coefficient (Wildman–Crippen LogP) is 2.14. The SMILES string of the molecule is Cn1cc(NCc2cnn3ncccc23)c(-c2ccncc2)n1. The van der Waals surface area contributed by atoms with Crippen LogP contribution in [0, 0.1) is 0 Å². The van der Waals surface area contributed by atoms with E-state index in [1.165, 1.54) is 0 Å². The highest BCUT2D eigenvalue weighted by atomic mass is 15.4. The van der Waals surface area contributed by atoms with Gasteiger partial charge in [-0.1, -0.05) is 0 Å². The van der Waals surface area contributed by atoms with Gasteiger partial charge in [-0.25, -0.2) is 0 Å². The first-order valence-corrected chi connectivity index (χ1v) is 7.27. The van der Waals surface area contributed by atoms with Gasteiger partial charge in [-0.15, -0.1) is 0 Å². The molecule has 0 spiro atoms. The zero-order valence-electron chi connectivity index (χ0n) is 12.6. The lowest BCUT2D eigenvalue weighted by molar-refractivity contribution is 0.771. The summed E-state index contributed by atoms with van der Waals surface area (Å²) in [5.41, 5.74) is 4.99. The van der Waals surface area contributed by atoms with Crippen LogP contribution in [-0.4, -0.2) is 29.6 Å². The number of hydrogen-bond donors (Lipinski definition) is 1. The van der Waals surface area contributed by atoms with Crippen LogP contribution in [-0.2, 0) is 13.6 Å². The van der Waals surface area contributed by atoms with Crippen molar-refractivity contribution in [1.82, 2.24) is 29.6 Å². The number of pyridine rings is 1. The minimum atomic E-state index is 0.652. The van der Waals surface area contributed by atoms with E-state index in [0.717, 1.165) is 28.0 Å². The Morgan fingerprint density at radius 2 is 1.96 bits per heavy atom. The average Bonchev–Trinajstić information content (AvgIpc) is 3.17. The fourth-order valence-corrected chi connectivity index (χ4v) is 2.55. The molecule has 23 heavy (non-hydrogen) atoms. The van der Waals surface area contributed by atoms with Crippen LogP contribution in [0.1, 0.15) is 5.56 Å². The lowest BCUT2D eigenvalue weighted by atomic mass is 10.2. The molecule has 0 fully saturated rings. The molecule has 0 aromatic carbocycles. The molecule has 114 valence electrons. The summed E-state index contributed by atoms with van der Waals surface area (Å²) < 4.78 is 3.43. The minimum Gasteiger partial charge on any atom is -0.378 e. The van der Waals surface area contributed by atoms with Gasteiger partial charge < -0.3 is 5.32 Å². The Morgan fingerprint density at radius 1 is 1.09 bits per heavy atom. The predicted molar refractivity (Wildman–Crippen MR) is 86.8 cm³/mol. The number of fused-ring (bicyclic) bond motifs is 1. The lowest BCUT2D eigenvalue weighted by Gasteiger charge is -2.05. The van der Waals surface area contributed by atoms with Crippen LogP contribution in [0.2, 0.25) is 0 Å². The van der Waals surface area contributed by atoms with Crippen molar-refractivity contribution in [3.05, 3.63) is 60.8 Å². The summed E-state index contributed by atoms with van der Waals surface area (Å²) in [5.74, 6) is 0. The number of anilines is 1. The van der Waals surface area contributed by atoms with Crippen LogP contribution in [0.15, 0.2) is 55.2 Å². The van der Waals surface area contributed by atoms with Crippen LogP contribution in [0.5, 0.6) is 0 Å². The minimum absolute atomic E-state index is 0.652. The maximum Gasteiger partial charge on any atom is 0.116 e. The third-order valence-corrected chi connectivity index (χ3v) is 3.64. The molecule has 0 aliphatic carbocycles. The van der Waals surface area contributed by atoms with E-state index in [1.807, 2.05) is 43.7 Å². The monoisotopic (exact) mass is 305 g/mol. The normalized spacial score (nSPS) is 11.0. The van der Waals surface area contributed by atoms with E-state index in [1.54, 1.807) is 27.9 Å². The van der Waals surface area contributed by atoms with Crippen molar-refractivity contribution < 1.29 is 0 Å². The zero-order valence-corrected chi connectivity index (χ0v) is 12.6. The molecule has 0 unspecified atom stereocenters. The van der Waals surface area contributed by atoms with Crippen molar-refractivity contribution in [3.8, 4) is 11.3 Å². The van der Waals surface area contributed by atoms with Crippen molar-refractivity contribution >= 4 is 11.2 Å². The molecule has 0 saturated heterocycles. The molecule has 4 heterocycles. The van der Waals surface area contributed by atoms with Gasteiger partial charge >= 0.3 is 0 Å². The lowest BCUT2D eigenvalue weighted by Crippen LogP contribution is -2.00. The highest BCUT2D eigenvalue weighted by molar-refractivity contribution is 5.73. The van der Waals surface area contributed by atoms with Gasteiger partial charge in [0, 0.05) is 49.5 Å². The van der Waals surface area contributed by atoms with Crippen LogP contribution in [0.3, 0.4) is 0 Å². The van der Waals surface area contributed by atoms with E-state index in [2.05, 4.69) is 25.6 Å². The van der Waals surface area contributed by atoms with E-state index >= 15 is 0 Å². The Kier molecular flexibility index (Phi) is 3.23.